The van der Waals surface area contributed by atoms with Gasteiger partial charge in [0.05, 0.1) is 30.8 Å². The molecule has 0 unspecified atom stereocenters. The highest BCUT2D eigenvalue weighted by Gasteiger charge is 2.31. The number of hydrogen-bond donors (Lipinski definition) is 0. The van der Waals surface area contributed by atoms with Gasteiger partial charge in [-0.05, 0) is 53.9 Å². The molecule has 9 heteroatoms. The topological polar surface area (TPSA) is 72.4 Å². The number of pyridine rings is 2. The van der Waals surface area contributed by atoms with Gasteiger partial charge in [0.15, 0.2) is 0 Å². The van der Waals surface area contributed by atoms with Gasteiger partial charge in [0.1, 0.15) is 0 Å². The Labute approximate surface area is 195 Å². The van der Waals surface area contributed by atoms with Crippen molar-refractivity contribution in [1.29, 1.82) is 0 Å². The molecule has 3 aromatic rings. The van der Waals surface area contributed by atoms with Crippen LogP contribution < -0.4 is 0 Å². The van der Waals surface area contributed by atoms with Crippen LogP contribution in [-0.4, -0.2) is 33.4 Å². The van der Waals surface area contributed by atoms with Gasteiger partial charge in [0.2, 0.25) is 5.91 Å². The quantitative estimate of drug-likeness (QED) is 0.441. The fourth-order valence-corrected chi connectivity index (χ4v) is 3.46. The summed E-state index contributed by atoms with van der Waals surface area (Å²) in [5, 5.41) is 0. The summed E-state index contributed by atoms with van der Waals surface area (Å²) in [4.78, 5) is 34.0. The molecule has 0 N–H and O–H groups in total. The van der Waals surface area contributed by atoms with E-state index in [-0.39, 0.29) is 32.0 Å². The number of ether oxygens (including phenoxy) is 1. The third kappa shape index (κ3) is 6.63. The zero-order chi connectivity index (χ0) is 24.7. The Bertz CT molecular complexity index is 1150. The summed E-state index contributed by atoms with van der Waals surface area (Å²) in [7, 11) is 0. The molecule has 0 fully saturated rings. The summed E-state index contributed by atoms with van der Waals surface area (Å²) in [5.41, 5.74) is 1.69. The third-order valence-electron chi connectivity index (χ3n) is 5.08. The van der Waals surface area contributed by atoms with E-state index in [1.54, 1.807) is 37.4 Å². The zero-order valence-corrected chi connectivity index (χ0v) is 18.8. The van der Waals surface area contributed by atoms with Crippen LogP contribution in [0.15, 0.2) is 61.1 Å². The number of hydrogen-bond acceptors (Lipinski definition) is 5. The van der Waals surface area contributed by atoms with Gasteiger partial charge >= 0.3 is 12.1 Å². The Morgan fingerprint density at radius 3 is 2.50 bits per heavy atom. The molecular formula is C25H24F3N3O3. The molecule has 3 rings (SSSR count). The SMILES string of the molecule is CCOC(=O)Cc1cncc(-c2ccc(C(F)(F)F)cc2CN(Cc2ccccn2)C(C)=O)c1. The summed E-state index contributed by atoms with van der Waals surface area (Å²) < 4.78 is 45.4. The second-order valence-corrected chi connectivity index (χ2v) is 7.63. The minimum atomic E-state index is -4.54. The van der Waals surface area contributed by atoms with Crippen LogP contribution >= 0.6 is 0 Å². The molecule has 6 nitrogen and oxygen atoms in total. The van der Waals surface area contributed by atoms with E-state index in [4.69, 9.17) is 4.74 Å². The van der Waals surface area contributed by atoms with Gasteiger partial charge in [-0.1, -0.05) is 12.1 Å². The number of amides is 1. The van der Waals surface area contributed by atoms with Gasteiger partial charge in [-0.3, -0.25) is 19.6 Å². The molecular weight excluding hydrogens is 447 g/mol. The van der Waals surface area contributed by atoms with Crippen molar-refractivity contribution >= 4 is 11.9 Å². The molecule has 0 spiro atoms. The standard InChI is InChI=1S/C25H24F3N3O3/c1-3-34-24(33)11-18-10-19(14-29-13-18)23-8-7-21(25(26,27)28)12-20(23)15-31(17(2)32)16-22-6-4-5-9-30-22/h4-10,12-14H,3,11,15-16H2,1-2H3. The molecule has 0 saturated heterocycles. The second kappa shape index (κ2) is 10.9. The Balaban J connectivity index is 2.00. The van der Waals surface area contributed by atoms with Crippen LogP contribution in [0.5, 0.6) is 0 Å². The van der Waals surface area contributed by atoms with Gasteiger partial charge < -0.3 is 9.64 Å². The first-order valence-corrected chi connectivity index (χ1v) is 10.6. The maximum atomic E-state index is 13.5. The van der Waals surface area contributed by atoms with Crippen LogP contribution in [0.1, 0.15) is 36.2 Å². The third-order valence-corrected chi connectivity index (χ3v) is 5.08. The van der Waals surface area contributed by atoms with Gasteiger partial charge in [0.25, 0.3) is 0 Å². The van der Waals surface area contributed by atoms with E-state index in [2.05, 4.69) is 9.97 Å². The molecule has 178 valence electrons. The van der Waals surface area contributed by atoms with Crippen LogP contribution in [0.4, 0.5) is 13.2 Å². The minimum absolute atomic E-state index is 0.0100. The van der Waals surface area contributed by atoms with Crippen molar-refractivity contribution in [2.45, 2.75) is 39.5 Å². The summed E-state index contributed by atoms with van der Waals surface area (Å²) in [6, 6.07) is 10.3. The molecule has 0 atom stereocenters. The summed E-state index contributed by atoms with van der Waals surface area (Å²) in [5.74, 6) is -0.726. The van der Waals surface area contributed by atoms with E-state index in [1.807, 2.05) is 0 Å². The van der Waals surface area contributed by atoms with E-state index in [0.29, 0.717) is 27.9 Å². The first-order chi connectivity index (χ1) is 16.2. The van der Waals surface area contributed by atoms with E-state index in [9.17, 15) is 22.8 Å². The van der Waals surface area contributed by atoms with Gasteiger partial charge in [-0.25, -0.2) is 0 Å². The monoisotopic (exact) mass is 471 g/mol. The summed E-state index contributed by atoms with van der Waals surface area (Å²) in [6.45, 7) is 3.39. The number of nitrogens with zero attached hydrogens (tertiary/aromatic N) is 3. The van der Waals surface area contributed by atoms with Crippen LogP contribution in [-0.2, 0) is 40.0 Å². The number of carbonyl (C=O) groups excluding carboxylic acids is 2. The molecule has 2 heterocycles. The van der Waals surface area contributed by atoms with Crippen LogP contribution in [0.25, 0.3) is 11.1 Å². The molecule has 0 radical (unpaired) electrons. The van der Waals surface area contributed by atoms with Crippen molar-refractivity contribution in [3.63, 3.8) is 0 Å². The lowest BCUT2D eigenvalue weighted by molar-refractivity contribution is -0.142. The summed E-state index contributed by atoms with van der Waals surface area (Å²) >= 11 is 0. The van der Waals surface area contributed by atoms with Gasteiger partial charge in [0, 0.05) is 37.6 Å². The maximum absolute atomic E-state index is 13.5. The van der Waals surface area contributed by atoms with Crippen molar-refractivity contribution in [3.8, 4) is 11.1 Å². The first kappa shape index (κ1) is 24.9. The highest BCUT2D eigenvalue weighted by Crippen LogP contribution is 2.34. The minimum Gasteiger partial charge on any atom is -0.466 e. The van der Waals surface area contributed by atoms with Crippen molar-refractivity contribution in [2.75, 3.05) is 6.61 Å². The fourth-order valence-electron chi connectivity index (χ4n) is 3.46. The first-order valence-electron chi connectivity index (χ1n) is 10.6. The number of aromatic nitrogens is 2. The lowest BCUT2D eigenvalue weighted by atomic mass is 9.96. The van der Waals surface area contributed by atoms with E-state index in [0.717, 1.165) is 12.1 Å². The highest BCUT2D eigenvalue weighted by atomic mass is 19.4. The van der Waals surface area contributed by atoms with Crippen molar-refractivity contribution in [2.24, 2.45) is 0 Å². The van der Waals surface area contributed by atoms with E-state index < -0.39 is 17.7 Å². The molecule has 1 amide bonds. The zero-order valence-electron chi connectivity index (χ0n) is 18.8. The highest BCUT2D eigenvalue weighted by molar-refractivity contribution is 5.75. The lowest BCUT2D eigenvalue weighted by Gasteiger charge is -2.23. The average molecular weight is 471 g/mol. The second-order valence-electron chi connectivity index (χ2n) is 7.63. The van der Waals surface area contributed by atoms with Crippen molar-refractivity contribution in [3.05, 3.63) is 83.4 Å². The summed E-state index contributed by atoms with van der Waals surface area (Å²) in [6.07, 6.45) is 0.0536. The Morgan fingerprint density at radius 1 is 1.06 bits per heavy atom. The van der Waals surface area contributed by atoms with Crippen LogP contribution in [0.3, 0.4) is 0 Å². The van der Waals surface area contributed by atoms with Gasteiger partial charge in [-0.15, -0.1) is 0 Å². The number of alkyl halides is 3. The number of rotatable bonds is 8. The number of esters is 1. The van der Waals surface area contributed by atoms with Crippen LogP contribution in [0.2, 0.25) is 0 Å². The predicted octanol–water partition coefficient (Wildman–Crippen LogP) is 4.82. The number of benzene rings is 1. The normalized spacial score (nSPS) is 11.2. The Morgan fingerprint density at radius 2 is 1.85 bits per heavy atom. The average Bonchev–Trinajstić information content (AvgIpc) is 2.79. The Kier molecular flexibility index (Phi) is 7.99. The number of halogens is 3. The molecule has 0 aliphatic carbocycles. The van der Waals surface area contributed by atoms with Crippen molar-refractivity contribution < 1.29 is 27.5 Å². The molecule has 2 aromatic heterocycles. The predicted molar refractivity (Wildman–Crippen MR) is 119 cm³/mol. The molecule has 34 heavy (non-hydrogen) atoms. The maximum Gasteiger partial charge on any atom is 0.416 e. The molecule has 0 saturated carbocycles. The fraction of sp³-hybridized carbons (Fsp3) is 0.280. The molecule has 0 bridgehead atoms. The lowest BCUT2D eigenvalue weighted by Crippen LogP contribution is -2.28. The van der Waals surface area contributed by atoms with E-state index in [1.165, 1.54) is 30.3 Å². The van der Waals surface area contributed by atoms with Crippen molar-refractivity contribution in [1.82, 2.24) is 14.9 Å². The van der Waals surface area contributed by atoms with Gasteiger partial charge in [-0.2, -0.15) is 13.2 Å². The number of carbonyl (C=O) groups is 2. The smallest absolute Gasteiger partial charge is 0.416 e. The molecule has 1 aromatic carbocycles. The molecule has 0 aliphatic heterocycles. The van der Waals surface area contributed by atoms with Crippen LogP contribution in [0, 0.1) is 0 Å². The Hall–Kier alpha value is -3.75. The molecule has 0 aliphatic rings. The van der Waals surface area contributed by atoms with E-state index >= 15 is 0 Å². The largest absolute Gasteiger partial charge is 0.466 e.